The van der Waals surface area contributed by atoms with Gasteiger partial charge in [0.1, 0.15) is 0 Å². The Bertz CT molecular complexity index is 234. The fourth-order valence-electron chi connectivity index (χ4n) is 2.11. The van der Waals surface area contributed by atoms with E-state index in [-0.39, 0.29) is 17.5 Å². The van der Waals surface area contributed by atoms with E-state index in [4.69, 9.17) is 5.73 Å². The van der Waals surface area contributed by atoms with Crippen LogP contribution in [0, 0.1) is 5.92 Å². The molecule has 0 heterocycles. The van der Waals surface area contributed by atoms with Gasteiger partial charge in [-0.1, -0.05) is 13.8 Å². The Morgan fingerprint density at radius 3 is 2.38 bits per heavy atom. The molecule has 0 aromatic rings. The molecule has 1 aliphatic carbocycles. The monoisotopic (exact) mass is 226 g/mol. The summed E-state index contributed by atoms with van der Waals surface area (Å²) in [7, 11) is 0. The fraction of sp³-hybridized carbons (Fsp3) is 0.923. The molecule has 3 N–H and O–H groups in total. The molecule has 0 bridgehead atoms. The molecule has 3 nitrogen and oxygen atoms in total. The van der Waals surface area contributed by atoms with Crippen LogP contribution < -0.4 is 11.1 Å². The minimum absolute atomic E-state index is 0.124. The summed E-state index contributed by atoms with van der Waals surface area (Å²) < 4.78 is 0. The fourth-order valence-corrected chi connectivity index (χ4v) is 2.11. The van der Waals surface area contributed by atoms with Crippen LogP contribution in [0.1, 0.15) is 59.3 Å². The van der Waals surface area contributed by atoms with E-state index in [9.17, 15) is 4.79 Å². The predicted molar refractivity (Wildman–Crippen MR) is 67.1 cm³/mol. The van der Waals surface area contributed by atoms with E-state index in [1.165, 1.54) is 6.42 Å². The van der Waals surface area contributed by atoms with E-state index in [2.05, 4.69) is 26.1 Å². The van der Waals surface area contributed by atoms with Gasteiger partial charge >= 0.3 is 0 Å². The van der Waals surface area contributed by atoms with Crippen LogP contribution >= 0.6 is 0 Å². The standard InChI is InChI=1S/C13H26N2O/c1-10(2)5-6-11(3)15-12(16)9-13(14)7-4-8-13/h10-11H,4-9,14H2,1-3H3,(H,15,16). The Morgan fingerprint density at radius 2 is 1.94 bits per heavy atom. The Hall–Kier alpha value is -0.570. The summed E-state index contributed by atoms with van der Waals surface area (Å²) in [5.74, 6) is 0.824. The molecule has 0 aromatic heterocycles. The highest BCUT2D eigenvalue weighted by Gasteiger charge is 2.34. The Kier molecular flexibility index (Phi) is 4.78. The van der Waals surface area contributed by atoms with Crippen molar-refractivity contribution in [3.63, 3.8) is 0 Å². The van der Waals surface area contributed by atoms with Gasteiger partial charge in [0.2, 0.25) is 5.91 Å². The highest BCUT2D eigenvalue weighted by Crippen LogP contribution is 2.31. The smallest absolute Gasteiger partial charge is 0.222 e. The van der Waals surface area contributed by atoms with Gasteiger partial charge in [0, 0.05) is 18.0 Å². The number of nitrogens with two attached hydrogens (primary N) is 1. The van der Waals surface area contributed by atoms with Crippen molar-refractivity contribution >= 4 is 5.91 Å². The summed E-state index contributed by atoms with van der Waals surface area (Å²) in [5.41, 5.74) is 5.85. The molecule has 1 saturated carbocycles. The largest absolute Gasteiger partial charge is 0.354 e. The van der Waals surface area contributed by atoms with Gasteiger partial charge in [-0.25, -0.2) is 0 Å². The summed E-state index contributed by atoms with van der Waals surface area (Å²) in [5, 5.41) is 3.04. The number of hydrogen-bond donors (Lipinski definition) is 2. The van der Waals surface area contributed by atoms with Crippen LogP contribution in [0.4, 0.5) is 0 Å². The van der Waals surface area contributed by atoms with E-state index >= 15 is 0 Å². The van der Waals surface area contributed by atoms with Gasteiger partial charge in [0.15, 0.2) is 0 Å². The lowest BCUT2D eigenvalue weighted by Crippen LogP contribution is -2.50. The molecule has 16 heavy (non-hydrogen) atoms. The topological polar surface area (TPSA) is 55.1 Å². The van der Waals surface area contributed by atoms with Gasteiger partial charge < -0.3 is 11.1 Å². The van der Waals surface area contributed by atoms with E-state index in [0.29, 0.717) is 12.3 Å². The van der Waals surface area contributed by atoms with Crippen LogP contribution in [0.15, 0.2) is 0 Å². The van der Waals surface area contributed by atoms with Gasteiger partial charge in [0.25, 0.3) is 0 Å². The molecule has 1 aliphatic rings. The van der Waals surface area contributed by atoms with Crippen molar-refractivity contribution in [3.8, 4) is 0 Å². The molecule has 1 fully saturated rings. The molecule has 0 radical (unpaired) electrons. The maximum atomic E-state index is 11.7. The zero-order valence-electron chi connectivity index (χ0n) is 10.9. The minimum atomic E-state index is -0.193. The maximum Gasteiger partial charge on any atom is 0.222 e. The molecular formula is C13H26N2O. The number of carbonyl (C=O) groups is 1. The molecule has 1 atom stereocenters. The van der Waals surface area contributed by atoms with Crippen molar-refractivity contribution in [1.82, 2.24) is 5.32 Å². The van der Waals surface area contributed by atoms with Gasteiger partial charge in [-0.3, -0.25) is 4.79 Å². The second kappa shape index (κ2) is 5.67. The molecule has 1 amide bonds. The number of rotatable bonds is 6. The molecule has 0 spiro atoms. The zero-order valence-corrected chi connectivity index (χ0v) is 10.9. The second-order valence-electron chi connectivity index (χ2n) is 5.83. The third-order valence-corrected chi connectivity index (χ3v) is 3.45. The molecule has 1 rings (SSSR count). The van der Waals surface area contributed by atoms with Gasteiger partial charge in [-0.15, -0.1) is 0 Å². The molecule has 94 valence electrons. The molecule has 0 saturated heterocycles. The van der Waals surface area contributed by atoms with Crippen LogP contribution in [-0.2, 0) is 4.79 Å². The predicted octanol–water partition coefficient (Wildman–Crippen LogP) is 2.20. The summed E-state index contributed by atoms with van der Waals surface area (Å²) in [6.45, 7) is 6.49. The van der Waals surface area contributed by atoms with Crippen molar-refractivity contribution in [2.45, 2.75) is 70.9 Å². The third kappa shape index (κ3) is 4.52. The first-order valence-corrected chi connectivity index (χ1v) is 6.49. The van der Waals surface area contributed by atoms with E-state index in [0.717, 1.165) is 25.7 Å². The first-order valence-electron chi connectivity index (χ1n) is 6.49. The van der Waals surface area contributed by atoms with Crippen LogP contribution in [0.5, 0.6) is 0 Å². The van der Waals surface area contributed by atoms with Crippen LogP contribution in [0.3, 0.4) is 0 Å². The van der Waals surface area contributed by atoms with E-state index in [1.807, 2.05) is 0 Å². The molecular weight excluding hydrogens is 200 g/mol. The highest BCUT2D eigenvalue weighted by atomic mass is 16.1. The Morgan fingerprint density at radius 1 is 1.31 bits per heavy atom. The Balaban J connectivity index is 2.17. The second-order valence-corrected chi connectivity index (χ2v) is 5.83. The number of carbonyl (C=O) groups excluding carboxylic acids is 1. The first-order chi connectivity index (χ1) is 7.41. The van der Waals surface area contributed by atoms with Crippen molar-refractivity contribution in [2.75, 3.05) is 0 Å². The zero-order chi connectivity index (χ0) is 12.2. The SMILES string of the molecule is CC(C)CCC(C)NC(=O)CC1(N)CCC1. The average Bonchev–Trinajstić information content (AvgIpc) is 2.12. The molecule has 0 aliphatic heterocycles. The highest BCUT2D eigenvalue weighted by molar-refractivity contribution is 5.77. The van der Waals surface area contributed by atoms with Crippen molar-refractivity contribution in [3.05, 3.63) is 0 Å². The lowest BCUT2D eigenvalue weighted by atomic mass is 9.75. The van der Waals surface area contributed by atoms with Gasteiger partial charge in [-0.2, -0.15) is 0 Å². The summed E-state index contributed by atoms with van der Waals surface area (Å²) >= 11 is 0. The number of nitrogens with one attached hydrogen (secondary N) is 1. The molecule has 1 unspecified atom stereocenters. The van der Waals surface area contributed by atoms with Crippen LogP contribution in [0.2, 0.25) is 0 Å². The van der Waals surface area contributed by atoms with Gasteiger partial charge in [-0.05, 0) is 44.9 Å². The average molecular weight is 226 g/mol. The minimum Gasteiger partial charge on any atom is -0.354 e. The quantitative estimate of drug-likeness (QED) is 0.729. The van der Waals surface area contributed by atoms with E-state index in [1.54, 1.807) is 0 Å². The van der Waals surface area contributed by atoms with Crippen LogP contribution in [0.25, 0.3) is 0 Å². The summed E-state index contributed by atoms with van der Waals surface area (Å²) in [6, 6.07) is 0.276. The number of hydrogen-bond acceptors (Lipinski definition) is 2. The molecule has 0 aromatic carbocycles. The maximum absolute atomic E-state index is 11.7. The first kappa shape index (κ1) is 13.5. The Labute approximate surface area is 99.2 Å². The van der Waals surface area contributed by atoms with Crippen molar-refractivity contribution in [2.24, 2.45) is 11.7 Å². The molecule has 3 heteroatoms. The lowest BCUT2D eigenvalue weighted by Gasteiger charge is -2.37. The van der Waals surface area contributed by atoms with Gasteiger partial charge in [0.05, 0.1) is 0 Å². The van der Waals surface area contributed by atoms with Crippen LogP contribution in [-0.4, -0.2) is 17.5 Å². The van der Waals surface area contributed by atoms with E-state index < -0.39 is 0 Å². The lowest BCUT2D eigenvalue weighted by molar-refractivity contribution is -0.123. The van der Waals surface area contributed by atoms with Crippen molar-refractivity contribution < 1.29 is 4.79 Å². The summed E-state index contributed by atoms with van der Waals surface area (Å²) in [4.78, 5) is 11.7. The summed E-state index contributed by atoms with van der Waals surface area (Å²) in [6.07, 6.45) is 5.89. The normalized spacial score (nSPS) is 20.3. The number of amides is 1. The van der Waals surface area contributed by atoms with Crippen molar-refractivity contribution in [1.29, 1.82) is 0 Å². The third-order valence-electron chi connectivity index (χ3n) is 3.45.